The zero-order chi connectivity index (χ0) is 24.2. The number of allylic oxidation sites excluding steroid dienone is 2. The number of rotatable bonds is 7. The molecule has 7 heteroatoms. The second kappa shape index (κ2) is 8.34. The van der Waals surface area contributed by atoms with Crippen molar-refractivity contribution in [1.82, 2.24) is 14.9 Å². The number of anilines is 1. The van der Waals surface area contributed by atoms with Gasteiger partial charge in [-0.05, 0) is 54.6 Å². The fourth-order valence-corrected chi connectivity index (χ4v) is 6.42. The van der Waals surface area contributed by atoms with Gasteiger partial charge >= 0.3 is 0 Å². The molecule has 2 amide bonds. The zero-order valence-corrected chi connectivity index (χ0v) is 20.1. The lowest BCUT2D eigenvalue weighted by atomic mass is 9.89. The van der Waals surface area contributed by atoms with Crippen LogP contribution in [0.1, 0.15) is 29.6 Å². The largest absolute Gasteiger partial charge is 0.375 e. The molecule has 3 aliphatic rings. The van der Waals surface area contributed by atoms with Crippen LogP contribution in [-0.2, 0) is 16.6 Å². The molecule has 3 aliphatic carbocycles. The molecule has 1 heterocycles. The molecular weight excluding hydrogens is 440 g/mol. The van der Waals surface area contributed by atoms with Crippen molar-refractivity contribution in [3.63, 3.8) is 0 Å². The normalized spacial score (nSPS) is 23.2. The van der Waals surface area contributed by atoms with Gasteiger partial charge in [0.25, 0.3) is 5.91 Å². The van der Waals surface area contributed by atoms with Crippen LogP contribution < -0.4 is 10.6 Å². The Morgan fingerprint density at radius 3 is 2.69 bits per heavy atom. The number of aryl methyl sites for hydroxylation is 1. The molecule has 0 aliphatic heterocycles. The molecule has 2 N–H and O–H groups in total. The Hall–Kier alpha value is -3.45. The second-order valence-electron chi connectivity index (χ2n) is 10.2. The van der Waals surface area contributed by atoms with Crippen LogP contribution in [0.3, 0.4) is 0 Å². The van der Waals surface area contributed by atoms with Crippen molar-refractivity contribution in [3.8, 4) is 11.4 Å². The van der Waals surface area contributed by atoms with Gasteiger partial charge in [0.15, 0.2) is 0 Å². The summed E-state index contributed by atoms with van der Waals surface area (Å²) in [6, 6.07) is 13.4. The van der Waals surface area contributed by atoms with Gasteiger partial charge in [-0.1, -0.05) is 42.5 Å². The van der Waals surface area contributed by atoms with E-state index in [1.807, 2.05) is 48.0 Å². The van der Waals surface area contributed by atoms with Crippen LogP contribution in [0.25, 0.3) is 22.4 Å². The standard InChI is InChI=1S/C28H30N4O3/c1-32-25-22(30-24(33)16-35-2)13-18(14-23(25)31-26(32)17-6-4-3-5-7-17)27(34)29-15-19-12-20-8-9-21(19)28(20)10-11-28/h3-9,13-14,19-21H,10-12,15-16H2,1-2H3,(H,29,34)(H,30,33)/t19-,20-,21-/m1/s1. The highest BCUT2D eigenvalue weighted by atomic mass is 16.5. The number of nitrogens with zero attached hydrogens (tertiary/aromatic N) is 2. The van der Waals surface area contributed by atoms with Crippen LogP contribution in [0.4, 0.5) is 5.69 Å². The highest BCUT2D eigenvalue weighted by Crippen LogP contribution is 2.69. The summed E-state index contributed by atoms with van der Waals surface area (Å²) in [5.74, 6) is 2.14. The van der Waals surface area contributed by atoms with Crippen LogP contribution in [0.5, 0.6) is 0 Å². The summed E-state index contributed by atoms with van der Waals surface area (Å²) in [6.45, 7) is 0.605. The Kier molecular flexibility index (Phi) is 5.25. The number of carbonyl (C=O) groups excluding carboxylic acids is 2. The Morgan fingerprint density at radius 1 is 1.17 bits per heavy atom. The molecule has 0 radical (unpaired) electrons. The van der Waals surface area contributed by atoms with Crippen molar-refractivity contribution < 1.29 is 14.3 Å². The number of imidazole rings is 1. The van der Waals surface area contributed by atoms with E-state index >= 15 is 0 Å². The highest BCUT2D eigenvalue weighted by molar-refractivity contribution is 6.06. The lowest BCUT2D eigenvalue weighted by Crippen LogP contribution is -2.31. The Labute approximate surface area is 204 Å². The van der Waals surface area contributed by atoms with Gasteiger partial charge in [0, 0.05) is 31.8 Å². The van der Waals surface area contributed by atoms with Gasteiger partial charge in [-0.3, -0.25) is 9.59 Å². The first-order chi connectivity index (χ1) is 17.0. The van der Waals surface area contributed by atoms with E-state index in [-0.39, 0.29) is 18.4 Å². The molecule has 2 fully saturated rings. The van der Waals surface area contributed by atoms with E-state index in [9.17, 15) is 9.59 Å². The molecule has 35 heavy (non-hydrogen) atoms. The van der Waals surface area contributed by atoms with Crippen LogP contribution in [0, 0.1) is 23.2 Å². The van der Waals surface area contributed by atoms with Crippen molar-refractivity contribution in [2.75, 3.05) is 25.6 Å². The second-order valence-corrected chi connectivity index (χ2v) is 10.2. The maximum atomic E-state index is 13.3. The number of aromatic nitrogens is 2. The van der Waals surface area contributed by atoms with Crippen LogP contribution in [0.2, 0.25) is 0 Å². The first-order valence-electron chi connectivity index (χ1n) is 12.3. The third kappa shape index (κ3) is 3.65. The Morgan fingerprint density at radius 2 is 1.97 bits per heavy atom. The van der Waals surface area contributed by atoms with Gasteiger partial charge in [-0.15, -0.1) is 0 Å². The fourth-order valence-electron chi connectivity index (χ4n) is 6.42. The third-order valence-electron chi connectivity index (χ3n) is 8.18. The summed E-state index contributed by atoms with van der Waals surface area (Å²) in [6.07, 6.45) is 8.59. The summed E-state index contributed by atoms with van der Waals surface area (Å²) in [5.41, 5.74) is 3.93. The van der Waals surface area contributed by atoms with Crippen molar-refractivity contribution in [1.29, 1.82) is 0 Å². The minimum atomic E-state index is -0.280. The SMILES string of the molecule is COCC(=O)Nc1cc(C(=O)NC[C@H]2C[C@H]3C=C[C@H]2C32CC2)cc2nc(-c3ccccc3)n(C)c12. The van der Waals surface area contributed by atoms with E-state index in [2.05, 4.69) is 22.8 Å². The molecule has 0 unspecified atom stereocenters. The lowest BCUT2D eigenvalue weighted by molar-refractivity contribution is -0.119. The molecule has 0 saturated heterocycles. The van der Waals surface area contributed by atoms with Gasteiger partial charge < -0.3 is 19.9 Å². The number of fused-ring (bicyclic) bond motifs is 1. The smallest absolute Gasteiger partial charge is 0.251 e. The number of amides is 2. The Bertz CT molecular complexity index is 1340. The average molecular weight is 471 g/mol. The van der Waals surface area contributed by atoms with Gasteiger partial charge in [0.1, 0.15) is 12.4 Å². The lowest BCUT2D eigenvalue weighted by Gasteiger charge is -2.20. The molecule has 2 bridgehead atoms. The van der Waals surface area contributed by atoms with Crippen molar-refractivity contribution in [2.24, 2.45) is 30.2 Å². The molecule has 2 saturated carbocycles. The highest BCUT2D eigenvalue weighted by Gasteiger charge is 2.62. The van der Waals surface area contributed by atoms with E-state index in [1.165, 1.54) is 26.4 Å². The minimum absolute atomic E-state index is 0.0686. The molecule has 1 spiro atoms. The van der Waals surface area contributed by atoms with Gasteiger partial charge in [-0.2, -0.15) is 0 Å². The molecule has 180 valence electrons. The van der Waals surface area contributed by atoms with E-state index < -0.39 is 0 Å². The van der Waals surface area contributed by atoms with Crippen molar-refractivity contribution in [2.45, 2.75) is 19.3 Å². The number of ether oxygens (including phenoxy) is 1. The van der Waals surface area contributed by atoms with Crippen molar-refractivity contribution in [3.05, 3.63) is 60.2 Å². The summed E-state index contributed by atoms with van der Waals surface area (Å²) in [5, 5.41) is 6.08. The predicted molar refractivity (Wildman–Crippen MR) is 135 cm³/mol. The number of hydrogen-bond acceptors (Lipinski definition) is 4. The van der Waals surface area contributed by atoms with Crippen LogP contribution >= 0.6 is 0 Å². The first kappa shape index (κ1) is 22.0. The molecule has 3 atom stereocenters. The van der Waals surface area contributed by atoms with Crippen LogP contribution in [-0.4, -0.2) is 41.6 Å². The number of benzene rings is 2. The number of methoxy groups -OCH3 is 1. The zero-order valence-electron chi connectivity index (χ0n) is 20.1. The van der Waals surface area contributed by atoms with Gasteiger partial charge in [-0.25, -0.2) is 4.98 Å². The fraction of sp³-hybridized carbons (Fsp3) is 0.393. The number of carbonyl (C=O) groups is 2. The molecule has 6 rings (SSSR count). The predicted octanol–water partition coefficient (Wildman–Crippen LogP) is 4.16. The maximum Gasteiger partial charge on any atom is 0.251 e. The summed E-state index contributed by atoms with van der Waals surface area (Å²) in [4.78, 5) is 30.5. The van der Waals surface area contributed by atoms with Crippen LogP contribution in [0.15, 0.2) is 54.6 Å². The number of nitrogens with one attached hydrogen (secondary N) is 2. The third-order valence-corrected chi connectivity index (χ3v) is 8.18. The minimum Gasteiger partial charge on any atom is -0.375 e. The quantitative estimate of drug-likeness (QED) is 0.508. The molecule has 1 aromatic heterocycles. The van der Waals surface area contributed by atoms with Gasteiger partial charge in [0.2, 0.25) is 5.91 Å². The maximum absolute atomic E-state index is 13.3. The van der Waals surface area contributed by atoms with E-state index in [1.54, 1.807) is 6.07 Å². The van der Waals surface area contributed by atoms with Gasteiger partial charge in [0.05, 0.1) is 16.7 Å². The number of hydrogen-bond donors (Lipinski definition) is 2. The molecule has 2 aromatic carbocycles. The average Bonchev–Trinajstić information content (AvgIpc) is 3.41. The monoisotopic (exact) mass is 470 g/mol. The Balaban J connectivity index is 1.30. The van der Waals surface area contributed by atoms with Crippen molar-refractivity contribution >= 4 is 28.5 Å². The van der Waals surface area contributed by atoms with E-state index in [4.69, 9.17) is 9.72 Å². The van der Waals surface area contributed by atoms with E-state index in [0.29, 0.717) is 46.5 Å². The molecular formula is C28H30N4O3. The van der Waals surface area contributed by atoms with E-state index in [0.717, 1.165) is 16.9 Å². The summed E-state index contributed by atoms with van der Waals surface area (Å²) < 4.78 is 6.94. The summed E-state index contributed by atoms with van der Waals surface area (Å²) >= 11 is 0. The topological polar surface area (TPSA) is 85.2 Å². The summed E-state index contributed by atoms with van der Waals surface area (Å²) in [7, 11) is 3.40. The molecule has 7 nitrogen and oxygen atoms in total. The molecule has 3 aromatic rings. The first-order valence-corrected chi connectivity index (χ1v) is 12.3.